The summed E-state index contributed by atoms with van der Waals surface area (Å²) in [6.07, 6.45) is 17.8. The van der Waals surface area contributed by atoms with E-state index in [1.54, 1.807) is 0 Å². The van der Waals surface area contributed by atoms with E-state index in [1.165, 1.54) is 55.9 Å². The Morgan fingerprint density at radius 3 is 1.16 bits per heavy atom. The Bertz CT molecular complexity index is 1700. The predicted molar refractivity (Wildman–Crippen MR) is 205 cm³/mol. The molecule has 0 spiro atoms. The molecule has 0 saturated carbocycles. The normalized spacial score (nSPS) is 11.0. The van der Waals surface area contributed by atoms with Crippen molar-refractivity contribution in [3.8, 4) is 0 Å². The average Bonchev–Trinajstić information content (AvgIpc) is 3.10. The lowest BCUT2D eigenvalue weighted by molar-refractivity contribution is -0.693. The first-order valence-corrected chi connectivity index (χ1v) is 17.5. The molecule has 0 saturated heterocycles. The van der Waals surface area contributed by atoms with Crippen molar-refractivity contribution in [2.45, 2.75) is 54.6 Å². The van der Waals surface area contributed by atoms with E-state index in [-0.39, 0.29) is 34.0 Å². The summed E-state index contributed by atoms with van der Waals surface area (Å²) < 4.78 is 4.59. The molecule has 0 aliphatic heterocycles. The van der Waals surface area contributed by atoms with Gasteiger partial charge in [-0.3, -0.25) is 0 Å². The minimum atomic E-state index is 0. The molecule has 0 bridgehead atoms. The van der Waals surface area contributed by atoms with Gasteiger partial charge in [0.15, 0.2) is 37.9 Å². The second kappa shape index (κ2) is 20.0. The van der Waals surface area contributed by atoms with E-state index >= 15 is 0 Å². The topological polar surface area (TPSA) is 14.2 Å². The number of hydrogen-bond acceptors (Lipinski definition) is 2. The number of aromatic nitrogens is 2. The van der Waals surface area contributed by atoms with Gasteiger partial charge < -0.3 is 43.8 Å². The molecule has 3 aromatic carbocycles. The summed E-state index contributed by atoms with van der Waals surface area (Å²) in [5.41, 5.74) is 12.7. The van der Waals surface area contributed by atoms with Gasteiger partial charge in [0.2, 0.25) is 0 Å². The van der Waals surface area contributed by atoms with E-state index in [9.17, 15) is 0 Å². The highest BCUT2D eigenvalue weighted by atomic mass is 79.9. The molecule has 0 radical (unpaired) electrons. The van der Waals surface area contributed by atoms with E-state index in [0.29, 0.717) is 0 Å². The highest BCUT2D eigenvalue weighted by Gasteiger charge is 2.14. The second-order valence-electron chi connectivity index (χ2n) is 12.5. The Morgan fingerprint density at radius 1 is 0.480 bits per heavy atom. The fourth-order valence-corrected chi connectivity index (χ4v) is 6.32. The summed E-state index contributed by atoms with van der Waals surface area (Å²) in [5.74, 6) is 0. The summed E-state index contributed by atoms with van der Waals surface area (Å²) >= 11 is 0. The third-order valence-corrected chi connectivity index (χ3v) is 9.30. The van der Waals surface area contributed by atoms with Gasteiger partial charge in [0.05, 0.1) is 0 Å². The Balaban J connectivity index is 0.00000338. The maximum atomic E-state index is 2.37. The molecule has 0 N–H and O–H groups in total. The maximum Gasteiger partial charge on any atom is 0.174 e. The van der Waals surface area contributed by atoms with Crippen LogP contribution in [0.15, 0.2) is 110 Å². The monoisotopic (exact) mass is 794 g/mol. The SMILES string of the molecule is CCN(CC)c1ccc(/C=C/c2cc[n+](Cc3ccccc3C[n+]3ccc(/C=C/c4ccc(N(CC)CC)cc4)c(C)c3)cc2C)cc1.[Br-].[Br-]. The molecule has 2 aromatic heterocycles. The van der Waals surface area contributed by atoms with Gasteiger partial charge in [-0.2, -0.15) is 0 Å². The van der Waals surface area contributed by atoms with Gasteiger partial charge >= 0.3 is 0 Å². The Morgan fingerprint density at radius 2 is 0.840 bits per heavy atom. The van der Waals surface area contributed by atoms with Crippen LogP contribution in [0, 0.1) is 13.8 Å². The van der Waals surface area contributed by atoms with Crippen LogP contribution in [-0.4, -0.2) is 26.2 Å². The quantitative estimate of drug-likeness (QED) is 0.161. The van der Waals surface area contributed by atoms with E-state index < -0.39 is 0 Å². The van der Waals surface area contributed by atoms with E-state index in [1.807, 2.05) is 0 Å². The average molecular weight is 797 g/mol. The lowest BCUT2D eigenvalue weighted by Gasteiger charge is -2.20. The van der Waals surface area contributed by atoms with Crippen LogP contribution in [0.25, 0.3) is 24.3 Å². The summed E-state index contributed by atoms with van der Waals surface area (Å²) in [5, 5.41) is 0. The second-order valence-corrected chi connectivity index (χ2v) is 12.5. The minimum absolute atomic E-state index is 0. The van der Waals surface area contributed by atoms with Gasteiger partial charge in [0.25, 0.3) is 0 Å². The van der Waals surface area contributed by atoms with Crippen molar-refractivity contribution < 1.29 is 43.1 Å². The van der Waals surface area contributed by atoms with Crippen molar-refractivity contribution in [1.29, 1.82) is 0 Å². The molecule has 4 nitrogen and oxygen atoms in total. The van der Waals surface area contributed by atoms with Crippen molar-refractivity contribution in [3.63, 3.8) is 0 Å². The molecule has 2 heterocycles. The number of hydrogen-bond donors (Lipinski definition) is 0. The van der Waals surface area contributed by atoms with Crippen LogP contribution >= 0.6 is 0 Å². The van der Waals surface area contributed by atoms with Crippen LogP contribution in [0.5, 0.6) is 0 Å². The summed E-state index contributed by atoms with van der Waals surface area (Å²) in [4.78, 5) is 4.74. The molecular formula is C44H52Br2N4. The van der Waals surface area contributed by atoms with Crippen LogP contribution in [-0.2, 0) is 13.1 Å². The molecule has 0 fully saturated rings. The van der Waals surface area contributed by atoms with Crippen molar-refractivity contribution in [3.05, 3.63) is 154 Å². The smallest absolute Gasteiger partial charge is 0.174 e. The zero-order valence-corrected chi connectivity index (χ0v) is 33.7. The van der Waals surface area contributed by atoms with Gasteiger partial charge in [0.1, 0.15) is 0 Å². The first-order valence-electron chi connectivity index (χ1n) is 17.5. The molecule has 50 heavy (non-hydrogen) atoms. The highest BCUT2D eigenvalue weighted by molar-refractivity contribution is 5.72. The zero-order chi connectivity index (χ0) is 33.9. The maximum absolute atomic E-state index is 2.37. The fourth-order valence-electron chi connectivity index (χ4n) is 6.32. The standard InChI is InChI=1S/C44H52N4.2BrH/c1-7-47(8-2)43-23-17-37(18-24-43)15-21-39-27-29-45(31-35(39)5)33-41-13-11-12-14-42(41)34-46-30-28-40(36(6)32-46)22-16-38-19-25-44(26-20-38)48(9-3)10-4;;/h11-32H,7-10,33-34H2,1-6H3;2*1H/q+2;;/p-2. The summed E-state index contributed by atoms with van der Waals surface area (Å²) in [6, 6.07) is 30.9. The number of rotatable bonds is 14. The van der Waals surface area contributed by atoms with E-state index in [2.05, 4.69) is 194 Å². The molecule has 0 aliphatic carbocycles. The molecule has 0 atom stereocenters. The van der Waals surface area contributed by atoms with E-state index in [4.69, 9.17) is 0 Å². The van der Waals surface area contributed by atoms with Crippen LogP contribution in [0.4, 0.5) is 11.4 Å². The Hall–Kier alpha value is -4.00. The Kier molecular flexibility index (Phi) is 16.2. The number of benzene rings is 3. The number of anilines is 2. The number of nitrogens with zero attached hydrogens (tertiary/aromatic N) is 4. The lowest BCUT2D eigenvalue weighted by Crippen LogP contribution is -3.00. The number of halogens is 2. The first kappa shape index (κ1) is 40.4. The Labute approximate surface area is 322 Å². The number of pyridine rings is 2. The van der Waals surface area contributed by atoms with E-state index in [0.717, 1.165) is 39.3 Å². The molecule has 262 valence electrons. The lowest BCUT2D eigenvalue weighted by atomic mass is 10.1. The molecule has 0 aliphatic rings. The van der Waals surface area contributed by atoms with Crippen LogP contribution in [0.1, 0.15) is 72.2 Å². The van der Waals surface area contributed by atoms with Crippen LogP contribution in [0.2, 0.25) is 0 Å². The third kappa shape index (κ3) is 10.7. The van der Waals surface area contributed by atoms with Crippen molar-refractivity contribution >= 4 is 35.7 Å². The zero-order valence-electron chi connectivity index (χ0n) is 30.5. The number of aryl methyl sites for hydroxylation is 2. The summed E-state index contributed by atoms with van der Waals surface area (Å²) in [6.45, 7) is 19.0. The highest BCUT2D eigenvalue weighted by Crippen LogP contribution is 2.19. The third-order valence-electron chi connectivity index (χ3n) is 9.30. The van der Waals surface area contributed by atoms with Gasteiger partial charge in [-0.1, -0.05) is 72.8 Å². The molecule has 5 aromatic rings. The molecule has 0 amide bonds. The van der Waals surface area contributed by atoms with Gasteiger partial charge in [0, 0.05) is 71.9 Å². The van der Waals surface area contributed by atoms with Crippen LogP contribution < -0.4 is 52.9 Å². The fraction of sp³-hybridized carbons (Fsp3) is 0.273. The summed E-state index contributed by atoms with van der Waals surface area (Å²) in [7, 11) is 0. The van der Waals surface area contributed by atoms with Gasteiger partial charge in [-0.15, -0.1) is 0 Å². The molecule has 0 unspecified atom stereocenters. The van der Waals surface area contributed by atoms with Crippen molar-refractivity contribution in [1.82, 2.24) is 0 Å². The molecule has 6 heteroatoms. The first-order chi connectivity index (χ1) is 23.4. The predicted octanol–water partition coefficient (Wildman–Crippen LogP) is 3.02. The largest absolute Gasteiger partial charge is 1.00 e. The van der Waals surface area contributed by atoms with Crippen LogP contribution in [0.3, 0.4) is 0 Å². The van der Waals surface area contributed by atoms with Gasteiger partial charge in [-0.25, -0.2) is 9.13 Å². The molecule has 5 rings (SSSR count). The van der Waals surface area contributed by atoms with Crippen molar-refractivity contribution in [2.75, 3.05) is 36.0 Å². The van der Waals surface area contributed by atoms with Crippen molar-refractivity contribution in [2.24, 2.45) is 0 Å². The minimum Gasteiger partial charge on any atom is -1.00 e. The molecular weight excluding hydrogens is 744 g/mol. The van der Waals surface area contributed by atoms with Gasteiger partial charge in [-0.05, 0) is 88.1 Å².